The number of amides is 1. The average molecular weight is 527 g/mol. The number of pyridine rings is 1. The molecule has 6 rings (SSSR count). The average Bonchev–Trinajstić information content (AvgIpc) is 3.62. The molecular formula is C31H27ClN2O4. The number of nitrogens with one attached hydrogen (secondary N) is 1. The van der Waals surface area contributed by atoms with Gasteiger partial charge in [0.05, 0.1) is 16.1 Å². The summed E-state index contributed by atoms with van der Waals surface area (Å²) in [6, 6.07) is 20.8. The zero-order chi connectivity index (χ0) is 27.0. The van der Waals surface area contributed by atoms with Crippen molar-refractivity contribution < 1.29 is 19.8 Å². The molecule has 1 spiro atoms. The van der Waals surface area contributed by atoms with Crippen LogP contribution in [0.3, 0.4) is 0 Å². The molecule has 0 bridgehead atoms. The predicted octanol–water partition coefficient (Wildman–Crippen LogP) is 5.81. The molecule has 2 heterocycles. The third kappa shape index (κ3) is 4.16. The second-order valence-corrected chi connectivity index (χ2v) is 9.97. The van der Waals surface area contributed by atoms with Crippen molar-refractivity contribution in [2.75, 3.05) is 12.4 Å². The Morgan fingerprint density at radius 3 is 2.58 bits per heavy atom. The molecule has 1 fully saturated rings. The summed E-state index contributed by atoms with van der Waals surface area (Å²) in [6.07, 6.45) is 3.70. The lowest BCUT2D eigenvalue weighted by atomic mass is 9.89. The van der Waals surface area contributed by atoms with Crippen molar-refractivity contribution in [1.82, 2.24) is 4.98 Å². The van der Waals surface area contributed by atoms with Gasteiger partial charge in [-0.1, -0.05) is 54.1 Å². The molecule has 38 heavy (non-hydrogen) atoms. The lowest BCUT2D eigenvalue weighted by Crippen LogP contribution is -2.21. The number of carbonyl (C=O) groups is 2. The number of phenols is 1. The fourth-order valence-electron chi connectivity index (χ4n) is 5.46. The number of aromatic nitrogens is 1. The molecule has 1 aliphatic carbocycles. The number of aliphatic hydroxyl groups excluding tert-OH is 1. The van der Waals surface area contributed by atoms with Gasteiger partial charge < -0.3 is 20.3 Å². The molecule has 3 N–H and O–H groups in total. The van der Waals surface area contributed by atoms with Crippen molar-refractivity contribution in [2.24, 2.45) is 0 Å². The SMILES string of the molecule is CO.Cc1ccc(C2CC23C(=O)Nc2cc(Cl)c(-c4ccc(-c5ccccc5O)cn4)cc23)cc1CC=O. The number of aliphatic hydroxyl groups is 1. The van der Waals surface area contributed by atoms with Crippen LogP contribution in [0.25, 0.3) is 22.4 Å². The number of aldehydes is 1. The van der Waals surface area contributed by atoms with Crippen molar-refractivity contribution in [3.05, 3.63) is 100 Å². The summed E-state index contributed by atoms with van der Waals surface area (Å²) in [5.41, 5.74) is 7.12. The molecular weight excluding hydrogens is 500 g/mol. The summed E-state index contributed by atoms with van der Waals surface area (Å²) in [6.45, 7) is 1.99. The first-order valence-electron chi connectivity index (χ1n) is 12.3. The van der Waals surface area contributed by atoms with Crippen molar-refractivity contribution in [1.29, 1.82) is 0 Å². The van der Waals surface area contributed by atoms with Crippen LogP contribution in [0.4, 0.5) is 5.69 Å². The van der Waals surface area contributed by atoms with Crippen LogP contribution in [0, 0.1) is 6.92 Å². The number of rotatable bonds is 5. The molecule has 2 atom stereocenters. The first-order chi connectivity index (χ1) is 18.4. The van der Waals surface area contributed by atoms with Crippen molar-refractivity contribution in [2.45, 2.75) is 31.1 Å². The number of carbonyl (C=O) groups excluding carboxylic acids is 2. The minimum absolute atomic E-state index is 0.0175. The van der Waals surface area contributed by atoms with Crippen LogP contribution in [0.1, 0.15) is 34.6 Å². The molecule has 1 aliphatic heterocycles. The number of aryl methyl sites for hydroxylation is 1. The van der Waals surface area contributed by atoms with Crippen LogP contribution in [-0.4, -0.2) is 34.5 Å². The lowest BCUT2D eigenvalue weighted by molar-refractivity contribution is -0.118. The van der Waals surface area contributed by atoms with Crippen LogP contribution in [0.2, 0.25) is 5.02 Å². The quantitative estimate of drug-likeness (QED) is 0.285. The molecule has 1 saturated carbocycles. The van der Waals surface area contributed by atoms with E-state index in [0.717, 1.165) is 52.5 Å². The Hall–Kier alpha value is -4.00. The Labute approximate surface area is 226 Å². The summed E-state index contributed by atoms with van der Waals surface area (Å²) in [4.78, 5) is 29.0. The van der Waals surface area contributed by atoms with E-state index in [2.05, 4.69) is 22.4 Å². The number of hydrogen-bond donors (Lipinski definition) is 3. The van der Waals surface area contributed by atoms with Gasteiger partial charge in [0.1, 0.15) is 12.0 Å². The van der Waals surface area contributed by atoms with Crippen LogP contribution >= 0.6 is 11.6 Å². The van der Waals surface area contributed by atoms with E-state index in [0.29, 0.717) is 29.1 Å². The van der Waals surface area contributed by atoms with Gasteiger partial charge in [-0.2, -0.15) is 0 Å². The molecule has 1 amide bonds. The van der Waals surface area contributed by atoms with Crippen LogP contribution < -0.4 is 5.32 Å². The minimum Gasteiger partial charge on any atom is -0.507 e. The highest BCUT2D eigenvalue weighted by Gasteiger charge is 2.65. The highest BCUT2D eigenvalue weighted by molar-refractivity contribution is 6.34. The highest BCUT2D eigenvalue weighted by Crippen LogP contribution is 2.65. The van der Waals surface area contributed by atoms with Crippen molar-refractivity contribution >= 4 is 29.5 Å². The summed E-state index contributed by atoms with van der Waals surface area (Å²) >= 11 is 6.65. The van der Waals surface area contributed by atoms with E-state index in [4.69, 9.17) is 16.7 Å². The van der Waals surface area contributed by atoms with Crippen LogP contribution in [-0.2, 0) is 21.4 Å². The van der Waals surface area contributed by atoms with E-state index in [1.54, 1.807) is 24.4 Å². The van der Waals surface area contributed by atoms with Crippen LogP contribution in [0.15, 0.2) is 72.9 Å². The topological polar surface area (TPSA) is 99.5 Å². The third-order valence-electron chi connectivity index (χ3n) is 7.54. The van der Waals surface area contributed by atoms with E-state index in [1.807, 2.05) is 43.3 Å². The molecule has 2 unspecified atom stereocenters. The Balaban J connectivity index is 0.00000144. The van der Waals surface area contributed by atoms with Gasteiger partial charge in [-0.25, -0.2) is 0 Å². The Bertz CT molecular complexity index is 1550. The van der Waals surface area contributed by atoms with Gasteiger partial charge >= 0.3 is 0 Å². The molecule has 7 heteroatoms. The Morgan fingerprint density at radius 2 is 1.87 bits per heavy atom. The second-order valence-electron chi connectivity index (χ2n) is 9.57. The van der Waals surface area contributed by atoms with E-state index in [-0.39, 0.29) is 17.6 Å². The molecule has 4 aromatic rings. The van der Waals surface area contributed by atoms with Crippen LogP contribution in [0.5, 0.6) is 5.75 Å². The van der Waals surface area contributed by atoms with Gasteiger partial charge in [0.15, 0.2) is 0 Å². The smallest absolute Gasteiger partial charge is 0.235 e. The maximum absolute atomic E-state index is 13.2. The van der Waals surface area contributed by atoms with Gasteiger partial charge in [0.2, 0.25) is 5.91 Å². The number of benzene rings is 3. The molecule has 1 aromatic heterocycles. The first kappa shape index (κ1) is 25.6. The zero-order valence-corrected chi connectivity index (χ0v) is 21.8. The maximum Gasteiger partial charge on any atom is 0.235 e. The van der Waals surface area contributed by atoms with E-state index in [1.165, 1.54) is 0 Å². The molecule has 6 nitrogen and oxygen atoms in total. The summed E-state index contributed by atoms with van der Waals surface area (Å²) < 4.78 is 0. The zero-order valence-electron chi connectivity index (χ0n) is 21.0. The Morgan fingerprint density at radius 1 is 1.08 bits per heavy atom. The summed E-state index contributed by atoms with van der Waals surface area (Å²) in [5.74, 6) is 0.215. The fourth-order valence-corrected chi connectivity index (χ4v) is 5.72. The maximum atomic E-state index is 13.2. The normalized spacial score (nSPS) is 18.8. The summed E-state index contributed by atoms with van der Waals surface area (Å²) in [7, 11) is 1.00. The van der Waals surface area contributed by atoms with Gasteiger partial charge in [0.25, 0.3) is 0 Å². The third-order valence-corrected chi connectivity index (χ3v) is 7.85. The van der Waals surface area contributed by atoms with Gasteiger partial charge in [-0.15, -0.1) is 0 Å². The van der Waals surface area contributed by atoms with Gasteiger partial charge in [0, 0.05) is 48.0 Å². The van der Waals surface area contributed by atoms with Crippen molar-refractivity contribution in [3.8, 4) is 28.1 Å². The first-order valence-corrected chi connectivity index (χ1v) is 12.7. The number of para-hydroxylation sites is 1. The number of fused-ring (bicyclic) bond motifs is 2. The highest BCUT2D eigenvalue weighted by atomic mass is 35.5. The number of nitrogens with zero attached hydrogens (tertiary/aromatic N) is 1. The molecule has 0 radical (unpaired) electrons. The largest absolute Gasteiger partial charge is 0.507 e. The number of aromatic hydroxyl groups is 1. The summed E-state index contributed by atoms with van der Waals surface area (Å²) in [5, 5.41) is 20.7. The van der Waals surface area contributed by atoms with E-state index < -0.39 is 5.41 Å². The fraction of sp³-hybridized carbons (Fsp3) is 0.194. The second kappa shape index (κ2) is 10.0. The van der Waals surface area contributed by atoms with Gasteiger partial charge in [-0.05, 0) is 59.9 Å². The van der Waals surface area contributed by atoms with E-state index in [9.17, 15) is 14.7 Å². The predicted molar refractivity (Wildman–Crippen MR) is 149 cm³/mol. The monoisotopic (exact) mass is 526 g/mol. The Kier molecular flexibility index (Phi) is 6.78. The van der Waals surface area contributed by atoms with Crippen molar-refractivity contribution in [3.63, 3.8) is 0 Å². The lowest BCUT2D eigenvalue weighted by Gasteiger charge is -2.13. The minimum atomic E-state index is -0.641. The molecule has 2 aliphatic rings. The molecule has 3 aromatic carbocycles. The number of halogens is 1. The molecule has 192 valence electrons. The number of phenolic OH excluding ortho intramolecular Hbond substituents is 1. The van der Waals surface area contributed by atoms with Gasteiger partial charge in [-0.3, -0.25) is 9.78 Å². The number of hydrogen-bond acceptors (Lipinski definition) is 5. The molecule has 0 saturated heterocycles. The van der Waals surface area contributed by atoms with E-state index >= 15 is 0 Å². The standard InChI is InChI=1S/C30H23ClN2O3.CH4O/c1-17-6-7-19(12-18(17)10-11-34)24-15-30(24)23-13-22(25(31)14-27(23)33-29(30)36)26-9-8-20(16-32-26)21-4-2-3-5-28(21)35;1-2/h2-9,11-14,16,24,35H,10,15H2,1H3,(H,33,36);2H,1H3. The number of anilines is 1.